The zero-order valence-corrected chi connectivity index (χ0v) is 16.4. The summed E-state index contributed by atoms with van der Waals surface area (Å²) in [6.07, 6.45) is 0. The van der Waals surface area contributed by atoms with E-state index in [-0.39, 0.29) is 11.4 Å². The Balaban J connectivity index is 1.79. The van der Waals surface area contributed by atoms with Crippen LogP contribution >= 0.6 is 33.9 Å². The van der Waals surface area contributed by atoms with Crippen LogP contribution in [-0.2, 0) is 6.54 Å². The fourth-order valence-corrected chi connectivity index (χ4v) is 3.74. The van der Waals surface area contributed by atoms with E-state index in [9.17, 15) is 9.18 Å². The fraction of sp³-hybridized carbons (Fsp3) is 0.0526. The van der Waals surface area contributed by atoms with Gasteiger partial charge in [-0.15, -0.1) is 11.3 Å². The Morgan fingerprint density at radius 2 is 1.81 bits per heavy atom. The Morgan fingerprint density at radius 1 is 1.08 bits per heavy atom. The first kappa shape index (κ1) is 17.2. The molecule has 0 saturated carbocycles. The van der Waals surface area contributed by atoms with E-state index < -0.39 is 0 Å². The molecule has 4 rings (SSSR count). The van der Waals surface area contributed by atoms with E-state index in [0.29, 0.717) is 28.1 Å². The minimum atomic E-state index is -0.327. The maximum Gasteiger partial charge on any atom is 0.281 e. The summed E-state index contributed by atoms with van der Waals surface area (Å²) in [5.74, 6) is 0.141. The first-order valence-electron chi connectivity index (χ1n) is 7.86. The number of nitrogens with one attached hydrogen (secondary N) is 1. The number of hydrogen-bond donors (Lipinski definition) is 1. The van der Waals surface area contributed by atoms with Gasteiger partial charge >= 0.3 is 0 Å². The Hall–Kier alpha value is -2.26. The average Bonchev–Trinajstić information content (AvgIpc) is 3.12. The predicted octanol–water partition coefficient (Wildman–Crippen LogP) is 4.61. The molecule has 0 spiro atoms. The zero-order chi connectivity index (χ0) is 18.1. The largest absolute Gasteiger partial charge is 0.317 e. The van der Waals surface area contributed by atoms with E-state index in [4.69, 9.17) is 0 Å². The van der Waals surface area contributed by atoms with Crippen molar-refractivity contribution in [3.05, 3.63) is 85.3 Å². The molecule has 7 heteroatoms. The molecule has 130 valence electrons. The van der Waals surface area contributed by atoms with Gasteiger partial charge in [0.15, 0.2) is 5.82 Å². The van der Waals surface area contributed by atoms with Crippen LogP contribution in [0.3, 0.4) is 0 Å². The van der Waals surface area contributed by atoms with Gasteiger partial charge in [0.1, 0.15) is 10.6 Å². The SMILES string of the molecule is O=c1c2ccsc2nc(-c2ccc(F)cc2)n1NCc1ccc(I)cc1. The molecule has 2 heterocycles. The van der Waals surface area contributed by atoms with E-state index in [1.165, 1.54) is 28.1 Å². The lowest BCUT2D eigenvalue weighted by molar-refractivity contribution is 0.628. The molecule has 4 nitrogen and oxygen atoms in total. The summed E-state index contributed by atoms with van der Waals surface area (Å²) >= 11 is 3.66. The van der Waals surface area contributed by atoms with Gasteiger partial charge < -0.3 is 5.43 Å². The smallest absolute Gasteiger partial charge is 0.281 e. The number of rotatable bonds is 4. The lowest BCUT2D eigenvalue weighted by Crippen LogP contribution is -2.31. The Bertz CT molecular complexity index is 1120. The molecule has 0 unspecified atom stereocenters. The first-order valence-corrected chi connectivity index (χ1v) is 9.82. The molecule has 4 aromatic rings. The highest BCUT2D eigenvalue weighted by molar-refractivity contribution is 14.1. The second-order valence-corrected chi connectivity index (χ2v) is 7.82. The van der Waals surface area contributed by atoms with Crippen LogP contribution in [0, 0.1) is 9.39 Å². The van der Waals surface area contributed by atoms with Crippen molar-refractivity contribution in [1.82, 2.24) is 9.66 Å². The molecule has 1 N–H and O–H groups in total. The Morgan fingerprint density at radius 3 is 2.54 bits per heavy atom. The number of thiophene rings is 1. The lowest BCUT2D eigenvalue weighted by atomic mass is 10.2. The van der Waals surface area contributed by atoms with Gasteiger partial charge in [0.2, 0.25) is 0 Å². The van der Waals surface area contributed by atoms with Gasteiger partial charge in [-0.1, -0.05) is 12.1 Å². The van der Waals surface area contributed by atoms with Crippen LogP contribution in [0.15, 0.2) is 64.8 Å². The summed E-state index contributed by atoms with van der Waals surface area (Å²) in [5.41, 5.74) is 4.72. The van der Waals surface area contributed by atoms with Crippen LogP contribution in [0.4, 0.5) is 4.39 Å². The number of nitrogens with zero attached hydrogens (tertiary/aromatic N) is 2. The normalized spacial score (nSPS) is 11.0. The number of benzene rings is 2. The van der Waals surface area contributed by atoms with Crippen molar-refractivity contribution in [3.8, 4) is 11.4 Å². The average molecular weight is 477 g/mol. The van der Waals surface area contributed by atoms with Crippen molar-refractivity contribution >= 4 is 44.1 Å². The van der Waals surface area contributed by atoms with Gasteiger partial charge in [0, 0.05) is 9.13 Å². The minimum absolute atomic E-state index is 0.166. The molecule has 0 amide bonds. The monoisotopic (exact) mass is 477 g/mol. The van der Waals surface area contributed by atoms with E-state index >= 15 is 0 Å². The molecule has 0 saturated heterocycles. The van der Waals surface area contributed by atoms with E-state index in [0.717, 1.165) is 9.13 Å². The van der Waals surface area contributed by atoms with E-state index in [2.05, 4.69) is 33.0 Å². The summed E-state index contributed by atoms with van der Waals surface area (Å²) < 4.78 is 15.9. The molecular weight excluding hydrogens is 464 g/mol. The van der Waals surface area contributed by atoms with E-state index in [1.54, 1.807) is 18.2 Å². The molecule has 0 radical (unpaired) electrons. The van der Waals surface area contributed by atoms with Crippen molar-refractivity contribution in [1.29, 1.82) is 0 Å². The number of hydrogen-bond acceptors (Lipinski definition) is 4. The summed E-state index contributed by atoms with van der Waals surface area (Å²) in [6, 6.07) is 15.8. The van der Waals surface area contributed by atoms with Gasteiger partial charge in [-0.05, 0) is 76.0 Å². The lowest BCUT2D eigenvalue weighted by Gasteiger charge is -2.15. The van der Waals surface area contributed by atoms with Crippen LogP contribution in [0.5, 0.6) is 0 Å². The number of aromatic nitrogens is 2. The topological polar surface area (TPSA) is 46.9 Å². The van der Waals surface area contributed by atoms with Gasteiger partial charge in [0.05, 0.1) is 11.9 Å². The molecular formula is C19H13FIN3OS. The van der Waals surface area contributed by atoms with Crippen molar-refractivity contribution in [3.63, 3.8) is 0 Å². The molecule has 0 aliphatic rings. The summed E-state index contributed by atoms with van der Waals surface area (Å²) in [5, 5.41) is 2.41. The Kier molecular flexibility index (Phi) is 4.73. The summed E-state index contributed by atoms with van der Waals surface area (Å²) in [6.45, 7) is 0.475. The molecule has 2 aromatic carbocycles. The summed E-state index contributed by atoms with van der Waals surface area (Å²) in [7, 11) is 0. The highest BCUT2D eigenvalue weighted by atomic mass is 127. The third-order valence-electron chi connectivity index (χ3n) is 3.95. The van der Waals surface area contributed by atoms with Gasteiger partial charge in [-0.3, -0.25) is 4.79 Å². The predicted molar refractivity (Wildman–Crippen MR) is 111 cm³/mol. The maximum absolute atomic E-state index is 13.3. The van der Waals surface area contributed by atoms with Crippen LogP contribution in [-0.4, -0.2) is 9.66 Å². The molecule has 0 aliphatic heterocycles. The second kappa shape index (κ2) is 7.16. The van der Waals surface area contributed by atoms with Crippen LogP contribution in [0.25, 0.3) is 21.6 Å². The van der Waals surface area contributed by atoms with Crippen molar-refractivity contribution < 1.29 is 4.39 Å². The highest BCUT2D eigenvalue weighted by Gasteiger charge is 2.14. The Labute approximate surface area is 166 Å². The third kappa shape index (κ3) is 3.36. The molecule has 0 fully saturated rings. The highest BCUT2D eigenvalue weighted by Crippen LogP contribution is 2.21. The maximum atomic E-state index is 13.3. The standard InChI is InChI=1S/C19H13FIN3OS/c20-14-5-3-13(4-6-14)17-23-18-16(9-10-26-18)19(25)24(17)22-11-12-1-7-15(21)8-2-12/h1-10,22H,11H2. The molecule has 0 atom stereocenters. The molecule has 26 heavy (non-hydrogen) atoms. The summed E-state index contributed by atoms with van der Waals surface area (Å²) in [4.78, 5) is 18.2. The minimum Gasteiger partial charge on any atom is -0.317 e. The first-order chi connectivity index (χ1) is 12.6. The molecule has 0 bridgehead atoms. The van der Waals surface area contributed by atoms with Crippen LogP contribution in [0.2, 0.25) is 0 Å². The van der Waals surface area contributed by atoms with Crippen molar-refractivity contribution in [2.45, 2.75) is 6.54 Å². The second-order valence-electron chi connectivity index (χ2n) is 5.68. The number of halogens is 2. The zero-order valence-electron chi connectivity index (χ0n) is 13.4. The van der Waals surface area contributed by atoms with Gasteiger partial charge in [-0.2, -0.15) is 0 Å². The quantitative estimate of drug-likeness (QED) is 0.437. The van der Waals surface area contributed by atoms with Crippen molar-refractivity contribution in [2.24, 2.45) is 0 Å². The fourth-order valence-electron chi connectivity index (χ4n) is 2.63. The third-order valence-corrected chi connectivity index (χ3v) is 5.48. The van der Waals surface area contributed by atoms with Crippen LogP contribution < -0.4 is 11.0 Å². The van der Waals surface area contributed by atoms with Gasteiger partial charge in [0.25, 0.3) is 5.56 Å². The number of fused-ring (bicyclic) bond motifs is 1. The van der Waals surface area contributed by atoms with E-state index in [1.807, 2.05) is 29.6 Å². The van der Waals surface area contributed by atoms with Crippen LogP contribution in [0.1, 0.15) is 5.56 Å². The molecule has 2 aromatic heterocycles. The molecule has 0 aliphatic carbocycles. The van der Waals surface area contributed by atoms with Crippen molar-refractivity contribution in [2.75, 3.05) is 5.43 Å². The van der Waals surface area contributed by atoms with Gasteiger partial charge in [-0.25, -0.2) is 14.1 Å².